The van der Waals surface area contributed by atoms with Crippen LogP contribution in [-0.2, 0) is 19.5 Å². The Morgan fingerprint density at radius 2 is 2.13 bits per heavy atom. The van der Waals surface area contributed by atoms with Gasteiger partial charge in [0.25, 0.3) is 0 Å². The second-order valence-corrected chi connectivity index (χ2v) is 8.28. The van der Waals surface area contributed by atoms with Crippen LogP contribution in [-0.4, -0.2) is 52.2 Å². The number of nitrogens with zero attached hydrogens (tertiary/aromatic N) is 1. The molecule has 0 N–H and O–H groups in total. The summed E-state index contributed by atoms with van der Waals surface area (Å²) in [4.78, 5) is 0.127. The molecule has 23 heavy (non-hydrogen) atoms. The van der Waals surface area contributed by atoms with Crippen molar-refractivity contribution in [1.82, 2.24) is 4.31 Å². The van der Waals surface area contributed by atoms with Crippen LogP contribution >= 0.6 is 0 Å². The van der Waals surface area contributed by atoms with Gasteiger partial charge < -0.3 is 9.47 Å². The second-order valence-electron chi connectivity index (χ2n) is 6.34. The molecular weight excluding hydrogens is 321 g/mol. The quantitative estimate of drug-likeness (QED) is 0.839. The third kappa shape index (κ3) is 3.15. The van der Waals surface area contributed by atoms with E-state index in [0.29, 0.717) is 26.1 Å². The molecule has 2 fully saturated rings. The van der Waals surface area contributed by atoms with Crippen LogP contribution < -0.4 is 0 Å². The number of fused-ring (bicyclic) bond motifs is 1. The second kappa shape index (κ2) is 6.47. The number of rotatable bonds is 4. The van der Waals surface area contributed by atoms with Crippen LogP contribution in [0.2, 0.25) is 0 Å². The van der Waals surface area contributed by atoms with E-state index in [1.165, 1.54) is 28.6 Å². The fourth-order valence-electron chi connectivity index (χ4n) is 3.71. The monoisotopic (exact) mass is 343 g/mol. The number of halogens is 1. The van der Waals surface area contributed by atoms with Crippen LogP contribution in [0.25, 0.3) is 0 Å². The summed E-state index contributed by atoms with van der Waals surface area (Å²) in [5.74, 6) is -0.445. The molecule has 0 unspecified atom stereocenters. The highest BCUT2D eigenvalue weighted by Gasteiger charge is 2.48. The van der Waals surface area contributed by atoms with Gasteiger partial charge in [-0.25, -0.2) is 12.8 Å². The van der Waals surface area contributed by atoms with Gasteiger partial charge in [-0.15, -0.1) is 0 Å². The van der Waals surface area contributed by atoms with E-state index in [1.807, 2.05) is 0 Å². The van der Waals surface area contributed by atoms with Crippen molar-refractivity contribution in [3.63, 3.8) is 0 Å². The van der Waals surface area contributed by atoms with E-state index in [-0.39, 0.29) is 16.4 Å². The Bertz CT molecular complexity index is 645. The zero-order valence-corrected chi connectivity index (χ0v) is 14.0. The Hall–Kier alpha value is -1.02. The molecule has 0 aromatic heterocycles. The van der Waals surface area contributed by atoms with E-state index in [9.17, 15) is 12.8 Å². The molecule has 2 heterocycles. The molecule has 2 aliphatic rings. The van der Waals surface area contributed by atoms with E-state index in [1.54, 1.807) is 7.11 Å². The number of ether oxygens (including phenoxy) is 2. The van der Waals surface area contributed by atoms with Gasteiger partial charge >= 0.3 is 0 Å². The first-order valence-electron chi connectivity index (χ1n) is 7.84. The van der Waals surface area contributed by atoms with Gasteiger partial charge in [-0.1, -0.05) is 0 Å². The maximum Gasteiger partial charge on any atom is 0.243 e. The van der Waals surface area contributed by atoms with Gasteiger partial charge in [0, 0.05) is 32.2 Å². The predicted molar refractivity (Wildman–Crippen MR) is 83.1 cm³/mol. The molecular formula is C16H22FNO4S. The lowest BCUT2D eigenvalue weighted by molar-refractivity contribution is -0.137. The van der Waals surface area contributed by atoms with E-state index in [0.717, 1.165) is 19.4 Å². The number of methoxy groups -OCH3 is 1. The van der Waals surface area contributed by atoms with E-state index in [4.69, 9.17) is 9.47 Å². The fraction of sp³-hybridized carbons (Fsp3) is 0.625. The minimum Gasteiger partial charge on any atom is -0.384 e. The van der Waals surface area contributed by atoms with Crippen LogP contribution in [0.5, 0.6) is 0 Å². The van der Waals surface area contributed by atoms with E-state index >= 15 is 0 Å². The Morgan fingerprint density at radius 3 is 2.83 bits per heavy atom. The zero-order valence-electron chi connectivity index (χ0n) is 13.2. The Morgan fingerprint density at radius 1 is 1.39 bits per heavy atom. The third-order valence-corrected chi connectivity index (χ3v) is 6.70. The van der Waals surface area contributed by atoms with Crippen LogP contribution in [0.1, 0.15) is 19.3 Å². The molecule has 0 bridgehead atoms. The number of benzene rings is 1. The molecule has 5 nitrogen and oxygen atoms in total. The summed E-state index contributed by atoms with van der Waals surface area (Å²) in [6.07, 6.45) is 2.49. The molecule has 3 rings (SSSR count). The summed E-state index contributed by atoms with van der Waals surface area (Å²) in [5.41, 5.74) is -0.293. The van der Waals surface area contributed by atoms with Crippen LogP contribution in [0.3, 0.4) is 0 Å². The molecule has 0 radical (unpaired) electrons. The molecule has 1 aromatic rings. The standard InChI is InChI=1S/C16H22FNO4S/c1-21-12-16-8-2-10-22-15(16)7-9-18(11-16)23(19,20)14-5-3-13(17)4-6-14/h3-6,15H,2,7-12H2,1H3/t15-,16-/m0/s1. The van der Waals surface area contributed by atoms with Crippen LogP contribution in [0, 0.1) is 11.2 Å². The smallest absolute Gasteiger partial charge is 0.243 e. The first-order valence-corrected chi connectivity index (χ1v) is 9.28. The highest BCUT2D eigenvalue weighted by atomic mass is 32.2. The van der Waals surface area contributed by atoms with Gasteiger partial charge in [0.15, 0.2) is 0 Å². The van der Waals surface area contributed by atoms with Crippen LogP contribution in [0.15, 0.2) is 29.2 Å². The van der Waals surface area contributed by atoms with Gasteiger partial charge in [-0.3, -0.25) is 0 Å². The summed E-state index contributed by atoms with van der Waals surface area (Å²) in [6.45, 7) is 2.00. The third-order valence-electron chi connectivity index (χ3n) is 4.84. The predicted octanol–water partition coefficient (Wildman–Crippen LogP) is 2.03. The SMILES string of the molecule is COC[C@@]12CCCO[C@H]1CCN(S(=O)(=O)c1ccc(F)cc1)C2. The summed E-state index contributed by atoms with van der Waals surface area (Å²) < 4.78 is 51.5. The highest BCUT2D eigenvalue weighted by Crippen LogP contribution is 2.41. The number of piperidine rings is 1. The fourth-order valence-corrected chi connectivity index (χ4v) is 5.26. The van der Waals surface area contributed by atoms with Crippen molar-refractivity contribution < 1.29 is 22.3 Å². The number of hydrogen-bond acceptors (Lipinski definition) is 4. The minimum atomic E-state index is -3.63. The molecule has 2 saturated heterocycles. The summed E-state index contributed by atoms with van der Waals surface area (Å²) in [5, 5.41) is 0. The number of sulfonamides is 1. The lowest BCUT2D eigenvalue weighted by Crippen LogP contribution is -2.57. The van der Waals surface area contributed by atoms with Crippen molar-refractivity contribution in [1.29, 1.82) is 0 Å². The average molecular weight is 343 g/mol. The molecule has 0 amide bonds. The van der Waals surface area contributed by atoms with Gasteiger partial charge in [-0.2, -0.15) is 4.31 Å². The Balaban J connectivity index is 1.87. The first-order chi connectivity index (χ1) is 11.0. The first kappa shape index (κ1) is 16.8. The Kier molecular flexibility index (Phi) is 4.73. The van der Waals surface area contributed by atoms with Crippen molar-refractivity contribution in [2.24, 2.45) is 5.41 Å². The van der Waals surface area contributed by atoms with Gasteiger partial charge in [-0.05, 0) is 43.5 Å². The molecule has 7 heteroatoms. The average Bonchev–Trinajstić information content (AvgIpc) is 2.55. The molecule has 0 aliphatic carbocycles. The van der Waals surface area contributed by atoms with Gasteiger partial charge in [0.05, 0.1) is 17.6 Å². The molecule has 2 aliphatic heterocycles. The van der Waals surface area contributed by atoms with Crippen molar-refractivity contribution in [2.75, 3.05) is 33.4 Å². The lowest BCUT2D eigenvalue weighted by atomic mass is 9.73. The molecule has 128 valence electrons. The molecule has 0 spiro atoms. The molecule has 2 atom stereocenters. The van der Waals surface area contributed by atoms with E-state index < -0.39 is 15.8 Å². The lowest BCUT2D eigenvalue weighted by Gasteiger charge is -2.49. The van der Waals surface area contributed by atoms with Crippen molar-refractivity contribution in [3.8, 4) is 0 Å². The van der Waals surface area contributed by atoms with Crippen molar-refractivity contribution in [2.45, 2.75) is 30.3 Å². The number of hydrogen-bond donors (Lipinski definition) is 0. The topological polar surface area (TPSA) is 55.8 Å². The van der Waals surface area contributed by atoms with E-state index in [2.05, 4.69) is 0 Å². The molecule has 0 saturated carbocycles. The summed E-state index contributed by atoms with van der Waals surface area (Å²) in [7, 11) is -2.00. The maximum absolute atomic E-state index is 13.1. The largest absolute Gasteiger partial charge is 0.384 e. The highest BCUT2D eigenvalue weighted by molar-refractivity contribution is 7.89. The van der Waals surface area contributed by atoms with Crippen molar-refractivity contribution >= 4 is 10.0 Å². The molecule has 1 aromatic carbocycles. The zero-order chi connectivity index (χ0) is 16.5. The maximum atomic E-state index is 13.1. The normalized spacial score (nSPS) is 29.2. The summed E-state index contributed by atoms with van der Waals surface area (Å²) >= 11 is 0. The Labute approximate surface area is 136 Å². The minimum absolute atomic E-state index is 0.0378. The summed E-state index contributed by atoms with van der Waals surface area (Å²) in [6, 6.07) is 4.98. The van der Waals surface area contributed by atoms with Gasteiger partial charge in [0.1, 0.15) is 5.82 Å². The van der Waals surface area contributed by atoms with Gasteiger partial charge in [0.2, 0.25) is 10.0 Å². The van der Waals surface area contributed by atoms with Crippen molar-refractivity contribution in [3.05, 3.63) is 30.1 Å². The van der Waals surface area contributed by atoms with Crippen LogP contribution in [0.4, 0.5) is 4.39 Å².